The maximum Gasteiger partial charge on any atom is 0.416 e. The van der Waals surface area contributed by atoms with Gasteiger partial charge in [0.05, 0.1) is 11.6 Å². The van der Waals surface area contributed by atoms with Crippen molar-refractivity contribution in [2.45, 2.75) is 38.4 Å². The summed E-state index contributed by atoms with van der Waals surface area (Å²) in [5.74, 6) is -0.479. The average Bonchev–Trinajstić information content (AvgIpc) is 3.04. The van der Waals surface area contributed by atoms with Crippen molar-refractivity contribution in [3.8, 4) is 5.69 Å². The summed E-state index contributed by atoms with van der Waals surface area (Å²) in [5, 5.41) is 14.8. The molecule has 156 valence electrons. The SMILES string of the molecule is Cc1cc2c(n1-c1cccc(C(F)(F)F)c1)CCC[C@@H]2NC(=O)c1cccc[n+]1[O-]. The molecule has 30 heavy (non-hydrogen) atoms. The quantitative estimate of drug-likeness (QED) is 0.514. The van der Waals surface area contributed by atoms with Gasteiger partial charge in [-0.3, -0.25) is 4.79 Å². The molecule has 0 aliphatic heterocycles. The molecule has 1 aromatic carbocycles. The van der Waals surface area contributed by atoms with E-state index in [0.29, 0.717) is 23.3 Å². The minimum absolute atomic E-state index is 0.00124. The molecule has 1 atom stereocenters. The van der Waals surface area contributed by atoms with Gasteiger partial charge in [0, 0.05) is 29.2 Å². The number of alkyl halides is 3. The Morgan fingerprint density at radius 1 is 1.20 bits per heavy atom. The van der Waals surface area contributed by atoms with E-state index >= 15 is 0 Å². The summed E-state index contributed by atoms with van der Waals surface area (Å²) in [5.41, 5.74) is 2.28. The highest BCUT2D eigenvalue weighted by molar-refractivity contribution is 5.91. The topological polar surface area (TPSA) is 61.0 Å². The molecule has 2 heterocycles. The van der Waals surface area contributed by atoms with Gasteiger partial charge in [0.15, 0.2) is 6.20 Å². The summed E-state index contributed by atoms with van der Waals surface area (Å²) >= 11 is 0. The molecule has 0 bridgehead atoms. The molecule has 1 amide bonds. The van der Waals surface area contributed by atoms with Gasteiger partial charge in [-0.25, -0.2) is 0 Å². The molecule has 0 unspecified atom stereocenters. The second-order valence-corrected chi connectivity index (χ2v) is 7.40. The van der Waals surface area contributed by atoms with Gasteiger partial charge >= 0.3 is 12.1 Å². The number of hydrogen-bond acceptors (Lipinski definition) is 2. The van der Waals surface area contributed by atoms with Crippen molar-refractivity contribution in [2.75, 3.05) is 0 Å². The van der Waals surface area contributed by atoms with Gasteiger partial charge < -0.3 is 15.1 Å². The van der Waals surface area contributed by atoms with E-state index in [1.54, 1.807) is 18.2 Å². The molecular formula is C22H20F3N3O2. The zero-order chi connectivity index (χ0) is 21.5. The van der Waals surface area contributed by atoms with Crippen LogP contribution in [0.3, 0.4) is 0 Å². The van der Waals surface area contributed by atoms with Crippen LogP contribution < -0.4 is 10.0 Å². The van der Waals surface area contributed by atoms with Gasteiger partial charge in [0.25, 0.3) is 5.69 Å². The first-order chi connectivity index (χ1) is 14.3. The van der Waals surface area contributed by atoms with Crippen LogP contribution in [0.4, 0.5) is 13.2 Å². The number of nitrogens with zero attached hydrogens (tertiary/aromatic N) is 2. The zero-order valence-corrected chi connectivity index (χ0v) is 16.2. The molecule has 0 radical (unpaired) electrons. The first-order valence-corrected chi connectivity index (χ1v) is 9.63. The van der Waals surface area contributed by atoms with Crippen LogP contribution in [0.25, 0.3) is 5.69 Å². The fourth-order valence-electron chi connectivity index (χ4n) is 4.07. The van der Waals surface area contributed by atoms with Crippen LogP contribution in [0.1, 0.15) is 51.9 Å². The molecule has 0 fully saturated rings. The van der Waals surface area contributed by atoms with E-state index < -0.39 is 17.6 Å². The van der Waals surface area contributed by atoms with Crippen LogP contribution in [0.5, 0.6) is 0 Å². The molecular weight excluding hydrogens is 395 g/mol. The lowest BCUT2D eigenvalue weighted by atomic mass is 9.92. The monoisotopic (exact) mass is 415 g/mol. The number of amides is 1. The van der Waals surface area contributed by atoms with Crippen LogP contribution in [0.15, 0.2) is 54.7 Å². The third-order valence-corrected chi connectivity index (χ3v) is 5.40. The second kappa shape index (κ2) is 7.51. The Bertz CT molecular complexity index is 1110. The maximum atomic E-state index is 13.2. The lowest BCUT2D eigenvalue weighted by Gasteiger charge is -2.25. The average molecular weight is 415 g/mol. The Balaban J connectivity index is 1.68. The van der Waals surface area contributed by atoms with Gasteiger partial charge in [-0.2, -0.15) is 17.9 Å². The summed E-state index contributed by atoms with van der Waals surface area (Å²) in [6.07, 6.45) is -1.01. The lowest BCUT2D eigenvalue weighted by molar-refractivity contribution is -0.607. The molecule has 3 aromatic rings. The lowest BCUT2D eigenvalue weighted by Crippen LogP contribution is -2.40. The number of nitrogens with one attached hydrogen (secondary N) is 1. The molecule has 4 rings (SSSR count). The third-order valence-electron chi connectivity index (χ3n) is 5.40. The largest absolute Gasteiger partial charge is 0.618 e. The van der Waals surface area contributed by atoms with Crippen LogP contribution in [-0.2, 0) is 12.6 Å². The van der Waals surface area contributed by atoms with Gasteiger partial charge in [-0.15, -0.1) is 0 Å². The van der Waals surface area contributed by atoms with Crippen molar-refractivity contribution in [3.05, 3.63) is 88.1 Å². The highest BCUT2D eigenvalue weighted by Crippen LogP contribution is 2.36. The number of carbonyl (C=O) groups excluding carboxylic acids is 1. The van der Waals surface area contributed by atoms with Crippen molar-refractivity contribution in [1.82, 2.24) is 9.88 Å². The second-order valence-electron chi connectivity index (χ2n) is 7.40. The number of pyridine rings is 1. The predicted molar refractivity (Wildman–Crippen MR) is 104 cm³/mol. The number of aryl methyl sites for hydroxylation is 1. The number of carbonyl (C=O) groups is 1. The fourth-order valence-corrected chi connectivity index (χ4v) is 4.07. The molecule has 5 nitrogen and oxygen atoms in total. The standard InChI is InChI=1S/C22H20F3N3O2/c1-14-12-17-18(26-21(29)20-9-2-3-11-27(20)30)8-5-10-19(17)28(14)16-7-4-6-15(13-16)22(23,24)25/h2-4,6-7,9,11-13,18H,5,8,10H2,1H3,(H,26,29)/t18-/m0/s1. The number of fused-ring (bicyclic) bond motifs is 1. The summed E-state index contributed by atoms with van der Waals surface area (Å²) in [4.78, 5) is 12.6. The van der Waals surface area contributed by atoms with Gasteiger partial charge in [-0.05, 0) is 62.1 Å². The summed E-state index contributed by atoms with van der Waals surface area (Å²) in [6.45, 7) is 1.83. The number of halogens is 3. The molecule has 1 aliphatic rings. The van der Waals surface area contributed by atoms with E-state index in [-0.39, 0.29) is 11.7 Å². The summed E-state index contributed by atoms with van der Waals surface area (Å²) < 4.78 is 41.8. The molecule has 0 saturated carbocycles. The summed E-state index contributed by atoms with van der Waals surface area (Å²) in [7, 11) is 0. The number of benzene rings is 1. The van der Waals surface area contributed by atoms with Crippen LogP contribution in [0.2, 0.25) is 0 Å². The van der Waals surface area contributed by atoms with E-state index in [1.165, 1.54) is 18.3 Å². The Morgan fingerprint density at radius 3 is 2.73 bits per heavy atom. The Morgan fingerprint density at radius 2 is 2.00 bits per heavy atom. The number of rotatable bonds is 3. The first kappa shape index (κ1) is 20.0. The van der Waals surface area contributed by atoms with Gasteiger partial charge in [-0.1, -0.05) is 6.07 Å². The number of aromatic nitrogens is 2. The van der Waals surface area contributed by atoms with E-state index in [9.17, 15) is 23.2 Å². The third kappa shape index (κ3) is 3.65. The van der Waals surface area contributed by atoms with Crippen LogP contribution in [0, 0.1) is 12.1 Å². The van der Waals surface area contributed by atoms with E-state index in [2.05, 4.69) is 5.32 Å². The molecule has 0 saturated heterocycles. The highest BCUT2D eigenvalue weighted by atomic mass is 19.4. The smallest absolute Gasteiger partial charge is 0.416 e. The van der Waals surface area contributed by atoms with Crippen LogP contribution in [-0.4, -0.2) is 10.5 Å². The highest BCUT2D eigenvalue weighted by Gasteiger charge is 2.32. The first-order valence-electron chi connectivity index (χ1n) is 9.63. The van der Waals surface area contributed by atoms with Crippen molar-refractivity contribution < 1.29 is 22.7 Å². The van der Waals surface area contributed by atoms with Crippen molar-refractivity contribution in [3.63, 3.8) is 0 Å². The minimum atomic E-state index is -4.42. The normalized spacial score (nSPS) is 16.2. The maximum absolute atomic E-state index is 13.2. The van der Waals surface area contributed by atoms with Crippen molar-refractivity contribution in [1.29, 1.82) is 0 Å². The zero-order valence-electron chi connectivity index (χ0n) is 16.2. The van der Waals surface area contributed by atoms with Crippen molar-refractivity contribution in [2.24, 2.45) is 0 Å². The Labute approximate surface area is 171 Å². The Kier molecular flexibility index (Phi) is 5.01. The predicted octanol–water partition coefficient (Wildman–Crippen LogP) is 4.25. The number of hydrogen-bond donors (Lipinski definition) is 1. The van der Waals surface area contributed by atoms with Crippen LogP contribution >= 0.6 is 0 Å². The van der Waals surface area contributed by atoms with Gasteiger partial charge in [0.1, 0.15) is 0 Å². The molecule has 0 spiro atoms. The fraction of sp³-hybridized carbons (Fsp3) is 0.273. The summed E-state index contributed by atoms with van der Waals surface area (Å²) in [6, 6.07) is 11.4. The molecule has 2 aromatic heterocycles. The van der Waals surface area contributed by atoms with E-state index in [0.717, 1.165) is 35.5 Å². The van der Waals surface area contributed by atoms with Crippen molar-refractivity contribution >= 4 is 5.91 Å². The molecule has 8 heteroatoms. The molecule has 1 N–H and O–H groups in total. The minimum Gasteiger partial charge on any atom is -0.618 e. The van der Waals surface area contributed by atoms with E-state index in [1.807, 2.05) is 17.6 Å². The molecule has 1 aliphatic carbocycles. The van der Waals surface area contributed by atoms with E-state index in [4.69, 9.17) is 0 Å². The Hall–Kier alpha value is -3.29. The van der Waals surface area contributed by atoms with Gasteiger partial charge in [0.2, 0.25) is 0 Å².